The van der Waals surface area contributed by atoms with Crippen molar-refractivity contribution >= 4 is 8.07 Å². The zero-order valence-corrected chi connectivity index (χ0v) is 8.28. The van der Waals surface area contributed by atoms with Gasteiger partial charge in [0.25, 0.3) is 0 Å². The lowest BCUT2D eigenvalue weighted by molar-refractivity contribution is 1.34. The van der Waals surface area contributed by atoms with Crippen LogP contribution in [0.3, 0.4) is 0 Å². The normalized spacial score (nSPS) is 11.2. The Labute approximate surface area is 60.0 Å². The molecule has 1 heteroatoms. The molecule has 0 heterocycles. The van der Waals surface area contributed by atoms with Gasteiger partial charge in [0.1, 0.15) is 0 Å². The van der Waals surface area contributed by atoms with Crippen molar-refractivity contribution in [1.82, 2.24) is 0 Å². The predicted molar refractivity (Wildman–Crippen MR) is 47.6 cm³/mol. The minimum Gasteiger partial charge on any atom is -0.0886 e. The fraction of sp³-hybridized carbons (Fsp3) is 0.750. The maximum atomic E-state index is 2.40. The highest BCUT2D eigenvalue weighted by Crippen LogP contribution is 2.09. The Morgan fingerprint density at radius 3 is 1.78 bits per heavy atom. The van der Waals surface area contributed by atoms with E-state index in [2.05, 4.69) is 39.6 Å². The van der Waals surface area contributed by atoms with E-state index in [1.54, 1.807) is 0 Å². The van der Waals surface area contributed by atoms with Crippen molar-refractivity contribution in [2.75, 3.05) is 0 Å². The Morgan fingerprint density at radius 2 is 1.67 bits per heavy atom. The van der Waals surface area contributed by atoms with E-state index in [4.69, 9.17) is 0 Å². The first-order valence-corrected chi connectivity index (χ1v) is 7.26. The summed E-state index contributed by atoms with van der Waals surface area (Å²) in [6.45, 7) is 11.5. The van der Waals surface area contributed by atoms with Crippen LogP contribution >= 0.6 is 0 Å². The van der Waals surface area contributed by atoms with Gasteiger partial charge in [0.05, 0.1) is 0 Å². The van der Waals surface area contributed by atoms with Gasteiger partial charge in [-0.1, -0.05) is 31.3 Å². The first-order chi connectivity index (χ1) is 3.92. The fourth-order valence-electron chi connectivity index (χ4n) is 0.510. The zero-order valence-electron chi connectivity index (χ0n) is 7.28. The van der Waals surface area contributed by atoms with E-state index in [9.17, 15) is 0 Å². The van der Waals surface area contributed by atoms with E-state index in [-0.39, 0.29) is 0 Å². The summed E-state index contributed by atoms with van der Waals surface area (Å²) in [6, 6.07) is 1.33. The molecule has 0 fully saturated rings. The molecule has 0 amide bonds. The third-order valence-electron chi connectivity index (χ3n) is 1.12. The molecule has 0 rings (SSSR count). The number of hydrogen-bond donors (Lipinski definition) is 0. The van der Waals surface area contributed by atoms with E-state index in [0.717, 1.165) is 0 Å². The minimum absolute atomic E-state index is 0.796. The molecule has 0 bridgehead atoms. The van der Waals surface area contributed by atoms with Crippen LogP contribution in [-0.2, 0) is 0 Å². The molecule has 0 nitrogen and oxygen atoms in total. The summed E-state index contributed by atoms with van der Waals surface area (Å²) in [5, 5.41) is 0. The Hall–Kier alpha value is -0.0431. The third-order valence-corrected chi connectivity index (χ3v) is 2.55. The fourth-order valence-corrected chi connectivity index (χ4v) is 1.53. The summed E-state index contributed by atoms with van der Waals surface area (Å²) in [7, 11) is -0.796. The molecule has 0 saturated heterocycles. The lowest BCUT2D eigenvalue weighted by Crippen LogP contribution is -2.17. The second kappa shape index (κ2) is 3.21. The van der Waals surface area contributed by atoms with Crippen molar-refractivity contribution in [2.24, 2.45) is 0 Å². The molecule has 0 aromatic rings. The highest BCUT2D eigenvalue weighted by molar-refractivity contribution is 6.76. The van der Waals surface area contributed by atoms with Crippen LogP contribution in [0.2, 0.25) is 25.7 Å². The highest BCUT2D eigenvalue weighted by Gasteiger charge is 2.09. The predicted octanol–water partition coefficient (Wildman–Crippen LogP) is 3.29. The molecule has 0 atom stereocenters. The minimum atomic E-state index is -0.796. The molecule has 0 aromatic heterocycles. The first kappa shape index (κ1) is 8.96. The lowest BCUT2D eigenvalue weighted by atomic mass is 10.3. The van der Waals surface area contributed by atoms with Crippen molar-refractivity contribution in [1.29, 1.82) is 0 Å². The van der Waals surface area contributed by atoms with E-state index < -0.39 is 8.07 Å². The average molecular weight is 142 g/mol. The van der Waals surface area contributed by atoms with Gasteiger partial charge in [-0.3, -0.25) is 0 Å². The van der Waals surface area contributed by atoms with Crippen LogP contribution in [-0.4, -0.2) is 8.07 Å². The Kier molecular flexibility index (Phi) is 3.19. The van der Waals surface area contributed by atoms with Gasteiger partial charge >= 0.3 is 0 Å². The second-order valence-electron chi connectivity index (χ2n) is 4.05. The van der Waals surface area contributed by atoms with Gasteiger partial charge in [-0.15, -0.1) is 0 Å². The van der Waals surface area contributed by atoms with Crippen LogP contribution in [0.25, 0.3) is 0 Å². The molecule has 9 heavy (non-hydrogen) atoms. The molecule has 0 radical (unpaired) electrons. The molecular weight excluding hydrogens is 124 g/mol. The summed E-state index contributed by atoms with van der Waals surface area (Å²) >= 11 is 0. The monoisotopic (exact) mass is 142 g/mol. The van der Waals surface area contributed by atoms with Crippen molar-refractivity contribution < 1.29 is 0 Å². The quantitative estimate of drug-likeness (QED) is 0.410. The van der Waals surface area contributed by atoms with E-state index >= 15 is 0 Å². The Balaban J connectivity index is 3.64. The van der Waals surface area contributed by atoms with Gasteiger partial charge in [0, 0.05) is 8.07 Å². The van der Waals surface area contributed by atoms with Crippen molar-refractivity contribution in [2.45, 2.75) is 39.5 Å². The standard InChI is InChI=1S/C8H18Si/c1-8(2)6-7-9(3,4)5/h6H,7H2,1-5H3. The Morgan fingerprint density at radius 1 is 1.22 bits per heavy atom. The largest absolute Gasteiger partial charge is 0.0886 e. The SMILES string of the molecule is CC(C)=CC[Si](C)(C)C. The van der Waals surface area contributed by atoms with Crippen molar-refractivity contribution in [3.05, 3.63) is 11.6 Å². The van der Waals surface area contributed by atoms with Crippen LogP contribution in [0.15, 0.2) is 11.6 Å². The summed E-state index contributed by atoms with van der Waals surface area (Å²) in [6.07, 6.45) is 2.35. The molecule has 0 aliphatic rings. The zero-order chi connectivity index (χ0) is 7.49. The van der Waals surface area contributed by atoms with Crippen molar-refractivity contribution in [3.63, 3.8) is 0 Å². The van der Waals surface area contributed by atoms with Crippen LogP contribution < -0.4 is 0 Å². The molecular formula is C8H18Si. The molecule has 0 aliphatic carbocycles. The van der Waals surface area contributed by atoms with Gasteiger partial charge < -0.3 is 0 Å². The first-order valence-electron chi connectivity index (χ1n) is 3.55. The summed E-state index contributed by atoms with van der Waals surface area (Å²) < 4.78 is 0. The van der Waals surface area contributed by atoms with Crippen molar-refractivity contribution in [3.8, 4) is 0 Å². The van der Waals surface area contributed by atoms with Crippen LogP contribution in [0.4, 0.5) is 0 Å². The molecule has 0 saturated carbocycles. The highest BCUT2D eigenvalue weighted by atomic mass is 28.3. The molecule has 0 spiro atoms. The summed E-state index contributed by atoms with van der Waals surface area (Å²) in [4.78, 5) is 0. The molecule has 54 valence electrons. The van der Waals surface area contributed by atoms with E-state index in [1.807, 2.05) is 0 Å². The topological polar surface area (TPSA) is 0 Å². The summed E-state index contributed by atoms with van der Waals surface area (Å²) in [5.74, 6) is 0. The van der Waals surface area contributed by atoms with Gasteiger partial charge in [-0.05, 0) is 19.9 Å². The average Bonchev–Trinajstić information content (AvgIpc) is 1.59. The van der Waals surface area contributed by atoms with E-state index in [0.29, 0.717) is 0 Å². The second-order valence-corrected chi connectivity index (χ2v) is 9.58. The van der Waals surface area contributed by atoms with E-state index in [1.165, 1.54) is 11.6 Å². The van der Waals surface area contributed by atoms with Gasteiger partial charge in [0.15, 0.2) is 0 Å². The number of rotatable bonds is 2. The maximum absolute atomic E-state index is 2.40. The van der Waals surface area contributed by atoms with Crippen LogP contribution in [0.5, 0.6) is 0 Å². The Bertz CT molecular complexity index is 102. The third kappa shape index (κ3) is 7.96. The molecule has 0 unspecified atom stereocenters. The van der Waals surface area contributed by atoms with Crippen LogP contribution in [0.1, 0.15) is 13.8 Å². The molecule has 0 aromatic carbocycles. The summed E-state index contributed by atoms with van der Waals surface area (Å²) in [5.41, 5.74) is 1.46. The van der Waals surface area contributed by atoms with Gasteiger partial charge in [0.2, 0.25) is 0 Å². The number of hydrogen-bond acceptors (Lipinski definition) is 0. The van der Waals surface area contributed by atoms with Gasteiger partial charge in [-0.25, -0.2) is 0 Å². The van der Waals surface area contributed by atoms with Crippen LogP contribution in [0, 0.1) is 0 Å². The maximum Gasteiger partial charge on any atom is 0.0480 e. The number of allylic oxidation sites excluding steroid dienone is 2. The smallest absolute Gasteiger partial charge is 0.0480 e. The lowest BCUT2D eigenvalue weighted by Gasteiger charge is -2.11. The molecule has 0 aliphatic heterocycles. The van der Waals surface area contributed by atoms with Gasteiger partial charge in [-0.2, -0.15) is 0 Å². The molecule has 0 N–H and O–H groups in total.